The van der Waals surface area contributed by atoms with Crippen LogP contribution in [-0.2, 0) is 4.79 Å². The highest BCUT2D eigenvalue weighted by Gasteiger charge is 2.37. The van der Waals surface area contributed by atoms with Gasteiger partial charge in [0, 0.05) is 10.5 Å². The average Bonchev–Trinajstić information content (AvgIpc) is 2.30. The highest BCUT2D eigenvalue weighted by atomic mass is 32.2. The summed E-state index contributed by atoms with van der Waals surface area (Å²) >= 11 is 2.01. The second-order valence-corrected chi connectivity index (χ2v) is 5.07. The lowest BCUT2D eigenvalue weighted by molar-refractivity contribution is -0.142. The van der Waals surface area contributed by atoms with Crippen LogP contribution < -0.4 is 0 Å². The number of aliphatic carboxylic acids is 1. The van der Waals surface area contributed by atoms with Gasteiger partial charge in [0.05, 0.1) is 5.92 Å². The minimum absolute atomic E-state index is 0.0336. The van der Waals surface area contributed by atoms with Crippen molar-refractivity contribution in [3.05, 3.63) is 0 Å². The highest BCUT2D eigenvalue weighted by molar-refractivity contribution is 8.00. The van der Waals surface area contributed by atoms with Gasteiger partial charge >= 0.3 is 5.97 Å². The van der Waals surface area contributed by atoms with Crippen molar-refractivity contribution >= 4 is 17.7 Å². The first-order valence-corrected chi connectivity index (χ1v) is 5.08. The molecule has 0 aliphatic carbocycles. The first-order chi connectivity index (χ1) is 5.25. The van der Waals surface area contributed by atoms with Gasteiger partial charge in [0.2, 0.25) is 0 Å². The monoisotopic (exact) mass is 172 g/mol. The van der Waals surface area contributed by atoms with E-state index in [1.165, 1.54) is 12.8 Å². The van der Waals surface area contributed by atoms with E-state index < -0.39 is 5.97 Å². The van der Waals surface area contributed by atoms with Crippen molar-refractivity contribution < 1.29 is 9.90 Å². The SMILES string of the molecule is O=C(O)C1CC2CCC(C1)S2. The van der Waals surface area contributed by atoms with Crippen LogP contribution in [0, 0.1) is 5.92 Å². The maximum atomic E-state index is 10.7. The summed E-state index contributed by atoms with van der Waals surface area (Å²) in [5, 5.41) is 10.1. The Bertz CT molecular complexity index is 169. The van der Waals surface area contributed by atoms with E-state index in [9.17, 15) is 4.79 Å². The smallest absolute Gasteiger partial charge is 0.306 e. The third-order valence-corrected chi connectivity index (χ3v) is 4.27. The van der Waals surface area contributed by atoms with Gasteiger partial charge in [0.1, 0.15) is 0 Å². The molecule has 0 amide bonds. The average molecular weight is 172 g/mol. The molecule has 2 heterocycles. The predicted octanol–water partition coefficient (Wildman–Crippen LogP) is 1.75. The second kappa shape index (κ2) is 2.70. The Hall–Kier alpha value is -0.180. The van der Waals surface area contributed by atoms with Gasteiger partial charge in [0.15, 0.2) is 0 Å². The number of hydrogen-bond acceptors (Lipinski definition) is 2. The minimum atomic E-state index is -0.581. The molecule has 0 saturated carbocycles. The number of carboxylic acid groups (broad SMARTS) is 1. The summed E-state index contributed by atoms with van der Waals surface area (Å²) < 4.78 is 0. The molecule has 62 valence electrons. The van der Waals surface area contributed by atoms with E-state index in [-0.39, 0.29) is 5.92 Å². The molecule has 3 heteroatoms. The third-order valence-electron chi connectivity index (χ3n) is 2.64. The molecule has 0 aromatic rings. The Kier molecular flexibility index (Phi) is 1.83. The normalized spacial score (nSPS) is 42.4. The van der Waals surface area contributed by atoms with Crippen LogP contribution >= 0.6 is 11.8 Å². The molecule has 2 aliphatic rings. The molecule has 0 radical (unpaired) electrons. The molecular formula is C8H12O2S. The summed E-state index contributed by atoms with van der Waals surface area (Å²) in [6.45, 7) is 0. The molecule has 2 nitrogen and oxygen atoms in total. The number of carbonyl (C=O) groups is 1. The lowest BCUT2D eigenvalue weighted by Crippen LogP contribution is -2.24. The Morgan fingerprint density at radius 1 is 1.27 bits per heavy atom. The largest absolute Gasteiger partial charge is 0.481 e. The van der Waals surface area contributed by atoms with Crippen LogP contribution in [0.4, 0.5) is 0 Å². The summed E-state index contributed by atoms with van der Waals surface area (Å²) in [6.07, 6.45) is 4.32. The summed E-state index contributed by atoms with van der Waals surface area (Å²) in [6, 6.07) is 0. The Morgan fingerprint density at radius 2 is 1.82 bits per heavy atom. The first-order valence-electron chi connectivity index (χ1n) is 4.14. The Balaban J connectivity index is 2.02. The van der Waals surface area contributed by atoms with Crippen molar-refractivity contribution in [2.75, 3.05) is 0 Å². The molecule has 2 rings (SSSR count). The zero-order valence-electron chi connectivity index (χ0n) is 6.32. The van der Waals surface area contributed by atoms with Crippen LogP contribution in [0.15, 0.2) is 0 Å². The lowest BCUT2D eigenvalue weighted by atomic mass is 10.00. The van der Waals surface area contributed by atoms with E-state index in [0.717, 1.165) is 12.8 Å². The van der Waals surface area contributed by atoms with E-state index in [0.29, 0.717) is 10.5 Å². The number of hydrogen-bond donors (Lipinski definition) is 1. The lowest BCUT2D eigenvalue weighted by Gasteiger charge is -2.23. The molecular weight excluding hydrogens is 160 g/mol. The van der Waals surface area contributed by atoms with Gasteiger partial charge in [-0.25, -0.2) is 0 Å². The summed E-state index contributed by atoms with van der Waals surface area (Å²) in [4.78, 5) is 10.7. The number of rotatable bonds is 1. The van der Waals surface area contributed by atoms with Crippen LogP contribution in [0.25, 0.3) is 0 Å². The van der Waals surface area contributed by atoms with E-state index in [1.807, 2.05) is 11.8 Å². The molecule has 2 fully saturated rings. The molecule has 0 spiro atoms. The molecule has 2 unspecified atom stereocenters. The van der Waals surface area contributed by atoms with Crippen molar-refractivity contribution in [2.24, 2.45) is 5.92 Å². The fourth-order valence-electron chi connectivity index (χ4n) is 2.06. The zero-order chi connectivity index (χ0) is 7.84. The van der Waals surface area contributed by atoms with Crippen molar-refractivity contribution in [1.82, 2.24) is 0 Å². The van der Waals surface area contributed by atoms with Gasteiger partial charge in [0.25, 0.3) is 0 Å². The fraction of sp³-hybridized carbons (Fsp3) is 0.875. The van der Waals surface area contributed by atoms with Crippen LogP contribution in [0.1, 0.15) is 25.7 Å². The van der Waals surface area contributed by atoms with E-state index >= 15 is 0 Å². The third kappa shape index (κ3) is 1.39. The molecule has 2 aliphatic heterocycles. The van der Waals surface area contributed by atoms with Crippen LogP contribution in [-0.4, -0.2) is 21.6 Å². The Morgan fingerprint density at radius 3 is 2.27 bits per heavy atom. The molecule has 1 N–H and O–H groups in total. The van der Waals surface area contributed by atoms with Gasteiger partial charge < -0.3 is 5.11 Å². The first kappa shape index (κ1) is 7.47. The Labute approximate surface area is 70.4 Å². The number of thioether (sulfide) groups is 1. The molecule has 0 aromatic heterocycles. The maximum Gasteiger partial charge on any atom is 0.306 e. The van der Waals surface area contributed by atoms with Crippen LogP contribution in [0.2, 0.25) is 0 Å². The second-order valence-electron chi connectivity index (χ2n) is 3.46. The van der Waals surface area contributed by atoms with Gasteiger partial charge in [-0.1, -0.05) is 0 Å². The highest BCUT2D eigenvalue weighted by Crippen LogP contribution is 2.45. The summed E-state index contributed by atoms with van der Waals surface area (Å²) in [5.74, 6) is -0.615. The summed E-state index contributed by atoms with van der Waals surface area (Å²) in [7, 11) is 0. The minimum Gasteiger partial charge on any atom is -0.481 e. The van der Waals surface area contributed by atoms with Crippen LogP contribution in [0.3, 0.4) is 0 Å². The predicted molar refractivity (Wildman–Crippen MR) is 44.8 cm³/mol. The molecule has 0 aromatic carbocycles. The quantitative estimate of drug-likeness (QED) is 0.654. The number of carboxylic acids is 1. The van der Waals surface area contributed by atoms with Gasteiger partial charge in [-0.15, -0.1) is 0 Å². The molecule has 2 atom stereocenters. The fourth-order valence-corrected chi connectivity index (χ4v) is 3.83. The standard InChI is InChI=1S/C8H12O2S/c9-8(10)5-3-6-1-2-7(4-5)11-6/h5-7H,1-4H2,(H,9,10). The van der Waals surface area contributed by atoms with Crippen molar-refractivity contribution in [1.29, 1.82) is 0 Å². The van der Waals surface area contributed by atoms with Crippen molar-refractivity contribution in [2.45, 2.75) is 36.2 Å². The van der Waals surface area contributed by atoms with E-state index in [2.05, 4.69) is 0 Å². The maximum absolute atomic E-state index is 10.7. The van der Waals surface area contributed by atoms with Gasteiger partial charge in [-0.3, -0.25) is 4.79 Å². The van der Waals surface area contributed by atoms with Crippen molar-refractivity contribution in [3.8, 4) is 0 Å². The zero-order valence-corrected chi connectivity index (χ0v) is 7.14. The number of fused-ring (bicyclic) bond motifs is 2. The summed E-state index contributed by atoms with van der Waals surface area (Å²) in [5.41, 5.74) is 0. The van der Waals surface area contributed by atoms with Crippen LogP contribution in [0.5, 0.6) is 0 Å². The van der Waals surface area contributed by atoms with Gasteiger partial charge in [-0.05, 0) is 25.7 Å². The van der Waals surface area contributed by atoms with Crippen molar-refractivity contribution in [3.63, 3.8) is 0 Å². The van der Waals surface area contributed by atoms with E-state index in [1.54, 1.807) is 0 Å². The molecule has 2 saturated heterocycles. The topological polar surface area (TPSA) is 37.3 Å². The van der Waals surface area contributed by atoms with E-state index in [4.69, 9.17) is 5.11 Å². The molecule has 2 bridgehead atoms. The van der Waals surface area contributed by atoms with Gasteiger partial charge in [-0.2, -0.15) is 11.8 Å². The molecule has 11 heavy (non-hydrogen) atoms.